The maximum atomic E-state index is 11.7. The molecule has 0 N–H and O–H groups in total. The van der Waals surface area contributed by atoms with Gasteiger partial charge in [0.25, 0.3) is 0 Å². The fourth-order valence-corrected chi connectivity index (χ4v) is 1.11. The highest BCUT2D eigenvalue weighted by molar-refractivity contribution is 6.31. The molecule has 0 atom stereocenters. The second kappa shape index (κ2) is 3.73. The van der Waals surface area contributed by atoms with E-state index in [-0.39, 0.29) is 17.7 Å². The van der Waals surface area contributed by atoms with Crippen LogP contribution in [0.25, 0.3) is 0 Å². The van der Waals surface area contributed by atoms with Crippen LogP contribution in [0.2, 0.25) is 5.02 Å². The summed E-state index contributed by atoms with van der Waals surface area (Å²) in [7, 11) is 0. The lowest BCUT2D eigenvalue weighted by Gasteiger charge is -2.15. The Morgan fingerprint density at radius 3 is 2.50 bits per heavy atom. The Labute approximate surface area is 89.1 Å². The van der Waals surface area contributed by atoms with E-state index in [0.29, 0.717) is 5.02 Å². The molecule has 0 saturated heterocycles. The molecule has 0 aromatic carbocycles. The minimum atomic E-state index is -0.327. The Morgan fingerprint density at radius 1 is 1.57 bits per heavy atom. The lowest BCUT2D eigenvalue weighted by molar-refractivity contribution is -0.127. The average molecular weight is 215 g/mol. The first-order valence-corrected chi connectivity index (χ1v) is 4.91. The third kappa shape index (κ3) is 2.58. The Hall–Kier alpha value is -0.830. The zero-order valence-corrected chi connectivity index (χ0v) is 9.72. The fraction of sp³-hybridized carbons (Fsp3) is 0.600. The van der Waals surface area contributed by atoms with Gasteiger partial charge in [0.05, 0.1) is 10.7 Å². The van der Waals surface area contributed by atoms with E-state index in [2.05, 4.69) is 5.10 Å². The zero-order valence-electron chi connectivity index (χ0n) is 8.97. The predicted octanol–water partition coefficient (Wildman–Crippen LogP) is 2.46. The largest absolute Gasteiger partial charge is 0.297 e. The van der Waals surface area contributed by atoms with Crippen molar-refractivity contribution in [1.29, 1.82) is 0 Å². The van der Waals surface area contributed by atoms with Gasteiger partial charge in [0.1, 0.15) is 6.54 Å². The van der Waals surface area contributed by atoms with Crippen molar-refractivity contribution in [3.63, 3.8) is 0 Å². The molecule has 0 aliphatic rings. The van der Waals surface area contributed by atoms with E-state index in [1.54, 1.807) is 10.9 Å². The fourth-order valence-electron chi connectivity index (χ4n) is 0.959. The van der Waals surface area contributed by atoms with Crippen LogP contribution in [0, 0.1) is 12.3 Å². The second-order valence-electron chi connectivity index (χ2n) is 4.43. The molecule has 3 nitrogen and oxygen atoms in total. The van der Waals surface area contributed by atoms with Crippen LogP contribution in [-0.2, 0) is 11.3 Å². The molecule has 14 heavy (non-hydrogen) atoms. The molecule has 78 valence electrons. The molecule has 0 aliphatic heterocycles. The lowest BCUT2D eigenvalue weighted by atomic mass is 9.91. The topological polar surface area (TPSA) is 34.9 Å². The maximum absolute atomic E-state index is 11.7. The normalized spacial score (nSPS) is 11.8. The van der Waals surface area contributed by atoms with Crippen LogP contribution in [-0.4, -0.2) is 15.6 Å². The first-order chi connectivity index (χ1) is 6.30. The summed E-state index contributed by atoms with van der Waals surface area (Å²) in [6.45, 7) is 7.80. The minimum absolute atomic E-state index is 0.150. The molecule has 1 heterocycles. The molecule has 0 radical (unpaired) electrons. The average Bonchev–Trinajstić information content (AvgIpc) is 2.29. The monoisotopic (exact) mass is 214 g/mol. The molecular formula is C10H15ClN2O. The van der Waals surface area contributed by atoms with E-state index in [1.165, 1.54) is 0 Å². The molecular weight excluding hydrogens is 200 g/mol. The third-order valence-electron chi connectivity index (χ3n) is 2.03. The number of Topliss-reactive ketones (excluding diaryl/α,β-unsaturated/α-hetero) is 1. The summed E-state index contributed by atoms with van der Waals surface area (Å²) >= 11 is 5.83. The summed E-state index contributed by atoms with van der Waals surface area (Å²) in [5.41, 5.74) is 0.431. The van der Waals surface area contributed by atoms with Crippen molar-refractivity contribution in [3.8, 4) is 0 Å². The number of carbonyl (C=O) groups is 1. The second-order valence-corrected chi connectivity index (χ2v) is 4.84. The molecule has 0 aliphatic carbocycles. The molecule has 0 spiro atoms. The van der Waals surface area contributed by atoms with Crippen molar-refractivity contribution in [2.24, 2.45) is 5.41 Å². The summed E-state index contributed by atoms with van der Waals surface area (Å²) in [5.74, 6) is 0.150. The number of ketones is 1. The Kier molecular flexibility index (Phi) is 3.00. The molecule has 0 bridgehead atoms. The number of hydrogen-bond acceptors (Lipinski definition) is 2. The van der Waals surface area contributed by atoms with Crippen LogP contribution >= 0.6 is 11.6 Å². The van der Waals surface area contributed by atoms with Crippen LogP contribution < -0.4 is 0 Å². The van der Waals surface area contributed by atoms with Gasteiger partial charge >= 0.3 is 0 Å². The minimum Gasteiger partial charge on any atom is -0.297 e. The van der Waals surface area contributed by atoms with E-state index < -0.39 is 0 Å². The standard InChI is InChI=1S/C10H15ClN2O/c1-7-8(11)5-13(12-7)6-9(14)10(2,3)4/h5H,6H2,1-4H3. The van der Waals surface area contributed by atoms with Crippen LogP contribution in [0.3, 0.4) is 0 Å². The highest BCUT2D eigenvalue weighted by atomic mass is 35.5. The molecule has 1 aromatic rings. The Morgan fingerprint density at radius 2 is 2.14 bits per heavy atom. The number of hydrogen-bond donors (Lipinski definition) is 0. The van der Waals surface area contributed by atoms with Gasteiger partial charge in [-0.2, -0.15) is 5.10 Å². The molecule has 0 fully saturated rings. The van der Waals surface area contributed by atoms with Gasteiger partial charge in [-0.05, 0) is 6.92 Å². The summed E-state index contributed by atoms with van der Waals surface area (Å²) in [4.78, 5) is 11.7. The van der Waals surface area contributed by atoms with E-state index in [0.717, 1.165) is 5.69 Å². The van der Waals surface area contributed by atoms with Crippen LogP contribution in [0.5, 0.6) is 0 Å². The highest BCUT2D eigenvalue weighted by Gasteiger charge is 2.21. The van der Waals surface area contributed by atoms with Crippen molar-refractivity contribution in [1.82, 2.24) is 9.78 Å². The smallest absolute Gasteiger partial charge is 0.159 e. The van der Waals surface area contributed by atoms with E-state index in [9.17, 15) is 4.79 Å². The van der Waals surface area contributed by atoms with Crippen molar-refractivity contribution in [2.45, 2.75) is 34.2 Å². The zero-order chi connectivity index (χ0) is 10.9. The Balaban J connectivity index is 2.75. The lowest BCUT2D eigenvalue weighted by Crippen LogP contribution is -2.25. The van der Waals surface area contributed by atoms with Gasteiger partial charge in [0.2, 0.25) is 0 Å². The van der Waals surface area contributed by atoms with Gasteiger partial charge in [-0.3, -0.25) is 9.48 Å². The predicted molar refractivity (Wildman–Crippen MR) is 56.4 cm³/mol. The van der Waals surface area contributed by atoms with Crippen molar-refractivity contribution < 1.29 is 4.79 Å². The van der Waals surface area contributed by atoms with E-state index in [4.69, 9.17) is 11.6 Å². The number of halogens is 1. The van der Waals surface area contributed by atoms with Gasteiger partial charge < -0.3 is 0 Å². The molecule has 0 saturated carbocycles. The number of carbonyl (C=O) groups excluding carboxylic acids is 1. The summed E-state index contributed by atoms with van der Waals surface area (Å²) in [5, 5.41) is 4.73. The van der Waals surface area contributed by atoms with Crippen molar-refractivity contribution >= 4 is 17.4 Å². The van der Waals surface area contributed by atoms with E-state index in [1.807, 2.05) is 27.7 Å². The van der Waals surface area contributed by atoms with Gasteiger partial charge in [-0.25, -0.2) is 0 Å². The van der Waals surface area contributed by atoms with Crippen molar-refractivity contribution in [2.75, 3.05) is 0 Å². The van der Waals surface area contributed by atoms with Crippen LogP contribution in [0.15, 0.2) is 6.20 Å². The third-order valence-corrected chi connectivity index (χ3v) is 2.40. The number of aromatic nitrogens is 2. The summed E-state index contributed by atoms with van der Waals surface area (Å²) < 4.78 is 1.59. The number of nitrogens with zero attached hydrogens (tertiary/aromatic N) is 2. The van der Waals surface area contributed by atoms with Gasteiger partial charge in [0.15, 0.2) is 5.78 Å². The van der Waals surface area contributed by atoms with Crippen molar-refractivity contribution in [3.05, 3.63) is 16.9 Å². The van der Waals surface area contributed by atoms with E-state index >= 15 is 0 Å². The molecule has 0 amide bonds. The quantitative estimate of drug-likeness (QED) is 0.758. The first-order valence-electron chi connectivity index (χ1n) is 4.53. The molecule has 1 rings (SSSR count). The van der Waals surface area contributed by atoms with Crippen LogP contribution in [0.1, 0.15) is 26.5 Å². The summed E-state index contributed by atoms with van der Waals surface area (Å²) in [6.07, 6.45) is 1.68. The Bertz CT molecular complexity index is 330. The molecule has 4 heteroatoms. The first kappa shape index (κ1) is 11.2. The maximum Gasteiger partial charge on any atom is 0.159 e. The number of rotatable bonds is 2. The number of aryl methyl sites for hydroxylation is 1. The van der Waals surface area contributed by atoms with Crippen LogP contribution in [0.4, 0.5) is 0 Å². The van der Waals surface area contributed by atoms with Gasteiger partial charge in [0, 0.05) is 11.6 Å². The molecule has 1 aromatic heterocycles. The molecule has 0 unspecified atom stereocenters. The SMILES string of the molecule is Cc1nn(CC(=O)C(C)(C)C)cc1Cl. The van der Waals surface area contributed by atoms with Gasteiger partial charge in [-0.15, -0.1) is 0 Å². The van der Waals surface area contributed by atoms with Gasteiger partial charge in [-0.1, -0.05) is 32.4 Å². The highest BCUT2D eigenvalue weighted by Crippen LogP contribution is 2.17. The summed E-state index contributed by atoms with van der Waals surface area (Å²) in [6, 6.07) is 0.